The highest BCUT2D eigenvalue weighted by Crippen LogP contribution is 2.36. The second-order valence-corrected chi connectivity index (χ2v) is 9.56. The third kappa shape index (κ3) is 8.10. The molecule has 0 radical (unpaired) electrons. The Morgan fingerprint density at radius 3 is 1.76 bits per heavy atom. The summed E-state index contributed by atoms with van der Waals surface area (Å²) in [4.78, 5) is 2.57. The summed E-state index contributed by atoms with van der Waals surface area (Å²) in [7, 11) is -11.4. The van der Waals surface area contributed by atoms with Gasteiger partial charge in [0.1, 0.15) is 18.9 Å². The minimum atomic E-state index is -6.72. The lowest BCUT2D eigenvalue weighted by Gasteiger charge is -2.25. The van der Waals surface area contributed by atoms with E-state index in [1.165, 1.54) is 38.9 Å². The second-order valence-electron chi connectivity index (χ2n) is 6.14. The molecule has 1 aliphatic rings. The zero-order valence-corrected chi connectivity index (χ0v) is 16.8. The molecule has 1 saturated heterocycles. The number of likely N-dealkylation sites (tertiary alicyclic amines) is 1. The number of rotatable bonds is 5. The largest absolute Gasteiger partial charge is 0.480 e. The average molecular weight is 474 g/mol. The van der Waals surface area contributed by atoms with Crippen molar-refractivity contribution < 1.29 is 47.7 Å². The molecule has 16 heteroatoms. The number of piperidine rings is 1. The highest BCUT2D eigenvalue weighted by atomic mass is 32.3. The molecule has 0 amide bonds. The van der Waals surface area contributed by atoms with E-state index in [0.717, 1.165) is 10.7 Å². The molecule has 0 spiro atoms. The zero-order chi connectivity index (χ0) is 22.5. The SMILES string of the molecule is C[n+]1ccn(CCN2CCCCC2)c1.O=S(=O)([N-]S(=O)(=O)C(F)(F)F)C(F)(F)F. The fourth-order valence-electron chi connectivity index (χ4n) is 2.29. The summed E-state index contributed by atoms with van der Waals surface area (Å²) in [6.07, 6.45) is 10.6. The van der Waals surface area contributed by atoms with Gasteiger partial charge in [0.15, 0.2) is 20.0 Å². The van der Waals surface area contributed by atoms with Gasteiger partial charge >= 0.3 is 11.0 Å². The van der Waals surface area contributed by atoms with Gasteiger partial charge in [0.25, 0.3) is 0 Å². The molecule has 0 N–H and O–H groups in total. The van der Waals surface area contributed by atoms with Crippen LogP contribution in [0.15, 0.2) is 18.7 Å². The minimum Gasteiger partial charge on any atom is -0.421 e. The molecule has 2 heterocycles. The van der Waals surface area contributed by atoms with Crippen LogP contribution in [0.3, 0.4) is 0 Å². The number of hydrogen-bond donors (Lipinski definition) is 0. The van der Waals surface area contributed by atoms with Crippen molar-refractivity contribution in [3.63, 3.8) is 0 Å². The van der Waals surface area contributed by atoms with Gasteiger partial charge in [0.05, 0.1) is 7.05 Å². The lowest BCUT2D eigenvalue weighted by Crippen LogP contribution is -2.32. The summed E-state index contributed by atoms with van der Waals surface area (Å²) in [5.41, 5.74) is -12.4. The van der Waals surface area contributed by atoms with Crippen LogP contribution in [0.4, 0.5) is 26.3 Å². The van der Waals surface area contributed by atoms with Crippen molar-refractivity contribution in [2.24, 2.45) is 7.05 Å². The maximum atomic E-state index is 11.4. The van der Waals surface area contributed by atoms with Crippen LogP contribution in [0.25, 0.3) is 4.13 Å². The van der Waals surface area contributed by atoms with Gasteiger partial charge in [-0.2, -0.15) is 26.3 Å². The van der Waals surface area contributed by atoms with E-state index in [1.807, 2.05) is 0 Å². The number of nitrogens with zero attached hydrogens (tertiary/aromatic N) is 4. The zero-order valence-electron chi connectivity index (χ0n) is 15.2. The minimum absolute atomic E-state index is 0.778. The lowest BCUT2D eigenvalue weighted by molar-refractivity contribution is -0.671. The van der Waals surface area contributed by atoms with Gasteiger partial charge in [0, 0.05) is 6.54 Å². The van der Waals surface area contributed by atoms with E-state index in [0.29, 0.717) is 0 Å². The van der Waals surface area contributed by atoms with E-state index in [9.17, 15) is 43.2 Å². The Bertz CT molecular complexity index is 817. The summed E-state index contributed by atoms with van der Waals surface area (Å²) in [6.45, 7) is 4.93. The topological polar surface area (TPSA) is 94.4 Å². The Morgan fingerprint density at radius 2 is 1.38 bits per heavy atom. The molecule has 1 aromatic rings. The first-order valence-corrected chi connectivity index (χ1v) is 11.0. The second kappa shape index (κ2) is 9.61. The average Bonchev–Trinajstić information content (AvgIpc) is 2.97. The molecule has 170 valence electrons. The first-order valence-electron chi connectivity index (χ1n) is 8.15. The van der Waals surface area contributed by atoms with Crippen molar-refractivity contribution in [3.05, 3.63) is 22.8 Å². The number of imidazole rings is 1. The van der Waals surface area contributed by atoms with E-state index in [1.54, 1.807) is 0 Å². The molecule has 0 saturated carbocycles. The van der Waals surface area contributed by atoms with Crippen molar-refractivity contribution in [3.8, 4) is 0 Å². The Balaban J connectivity index is 0.000000290. The van der Waals surface area contributed by atoms with Gasteiger partial charge in [-0.15, -0.1) is 0 Å². The molecular weight excluding hydrogens is 454 g/mol. The Labute approximate surface area is 164 Å². The monoisotopic (exact) mass is 474 g/mol. The van der Waals surface area contributed by atoms with Crippen LogP contribution in [0.5, 0.6) is 0 Å². The van der Waals surface area contributed by atoms with Crippen LogP contribution in [0.1, 0.15) is 19.3 Å². The summed E-state index contributed by atoms with van der Waals surface area (Å²) in [5.74, 6) is 0. The summed E-state index contributed by atoms with van der Waals surface area (Å²) >= 11 is 0. The van der Waals surface area contributed by atoms with Crippen LogP contribution in [0.2, 0.25) is 0 Å². The van der Waals surface area contributed by atoms with Gasteiger partial charge in [-0.05, 0) is 25.9 Å². The maximum absolute atomic E-state index is 11.4. The Morgan fingerprint density at radius 1 is 0.897 bits per heavy atom. The fourth-order valence-corrected chi connectivity index (χ4v) is 4.00. The maximum Gasteiger partial charge on any atom is 0.480 e. The van der Waals surface area contributed by atoms with Gasteiger partial charge in [0.2, 0.25) is 6.33 Å². The standard InChI is InChI=1S/C11H20N3.C2F6NO4S2/c1-12-7-8-14(11-12)10-9-13-5-3-2-4-6-13;3-1(4,5)14(10,11)9-15(12,13)2(6,7)8/h7-8,11H,2-6,9-10H2,1H3;/q+1;-1. The van der Waals surface area contributed by atoms with Crippen LogP contribution < -0.4 is 4.57 Å². The number of alkyl halides is 6. The number of sulfonamides is 2. The van der Waals surface area contributed by atoms with Gasteiger partial charge in [-0.25, -0.2) is 26.0 Å². The fraction of sp³-hybridized carbons (Fsp3) is 0.769. The molecule has 0 bridgehead atoms. The quantitative estimate of drug-likeness (QED) is 0.480. The van der Waals surface area contributed by atoms with Crippen molar-refractivity contribution in [2.45, 2.75) is 36.8 Å². The van der Waals surface area contributed by atoms with Crippen LogP contribution in [-0.4, -0.2) is 57.0 Å². The number of hydrogen-bond acceptors (Lipinski definition) is 5. The first kappa shape index (κ1) is 25.6. The molecule has 8 nitrogen and oxygen atoms in total. The van der Waals surface area contributed by atoms with E-state index >= 15 is 0 Å². The molecule has 0 unspecified atom stereocenters. The molecule has 0 aliphatic carbocycles. The predicted molar refractivity (Wildman–Crippen MR) is 89.2 cm³/mol. The molecule has 2 rings (SSSR count). The van der Waals surface area contributed by atoms with E-state index in [2.05, 4.69) is 39.8 Å². The summed E-state index contributed by atoms with van der Waals surface area (Å²) in [6, 6.07) is 0. The van der Waals surface area contributed by atoms with Gasteiger partial charge < -0.3 is 4.13 Å². The van der Waals surface area contributed by atoms with Crippen molar-refractivity contribution >= 4 is 20.0 Å². The van der Waals surface area contributed by atoms with E-state index in [-0.39, 0.29) is 0 Å². The van der Waals surface area contributed by atoms with Crippen LogP contribution in [-0.2, 0) is 33.6 Å². The van der Waals surface area contributed by atoms with Crippen molar-refractivity contribution in [1.82, 2.24) is 9.47 Å². The molecule has 1 aromatic heterocycles. The summed E-state index contributed by atoms with van der Waals surface area (Å²) in [5, 5.41) is 0. The molecular formula is C13H20F6N4O4S2. The predicted octanol–water partition coefficient (Wildman–Crippen LogP) is 1.86. The number of aromatic nitrogens is 2. The normalized spacial score (nSPS) is 16.9. The highest BCUT2D eigenvalue weighted by Gasteiger charge is 2.46. The van der Waals surface area contributed by atoms with Crippen LogP contribution in [0, 0.1) is 0 Å². The molecule has 1 aliphatic heterocycles. The lowest BCUT2D eigenvalue weighted by atomic mass is 10.1. The third-order valence-electron chi connectivity index (χ3n) is 3.73. The van der Waals surface area contributed by atoms with Gasteiger partial charge in [-0.3, -0.25) is 4.90 Å². The molecule has 0 atom stereocenters. The number of halogens is 6. The molecule has 0 aromatic carbocycles. The summed E-state index contributed by atoms with van der Waals surface area (Å²) < 4.78 is 114. The Hall–Kier alpha value is -1.39. The van der Waals surface area contributed by atoms with Gasteiger partial charge in [-0.1, -0.05) is 6.42 Å². The Kier molecular flexibility index (Phi) is 8.50. The van der Waals surface area contributed by atoms with Crippen molar-refractivity contribution in [1.29, 1.82) is 0 Å². The highest BCUT2D eigenvalue weighted by molar-refractivity contribution is 8.13. The first-order chi connectivity index (χ1) is 13.1. The smallest absolute Gasteiger partial charge is 0.421 e. The number of aryl methyl sites for hydroxylation is 1. The molecule has 1 fully saturated rings. The van der Waals surface area contributed by atoms with Crippen molar-refractivity contribution in [2.75, 3.05) is 19.6 Å². The van der Waals surface area contributed by atoms with E-state index < -0.39 is 31.1 Å². The van der Waals surface area contributed by atoms with Crippen LogP contribution >= 0.6 is 0 Å². The molecule has 29 heavy (non-hydrogen) atoms. The van der Waals surface area contributed by atoms with E-state index in [4.69, 9.17) is 0 Å². The third-order valence-corrected chi connectivity index (χ3v) is 6.47.